The molecule has 0 saturated carbocycles. The third kappa shape index (κ3) is 7.40. The van der Waals surface area contributed by atoms with Crippen molar-refractivity contribution in [2.45, 2.75) is 39.2 Å². The lowest BCUT2D eigenvalue weighted by Crippen LogP contribution is -2.35. The van der Waals surface area contributed by atoms with Gasteiger partial charge < -0.3 is 15.7 Å². The van der Waals surface area contributed by atoms with Crippen molar-refractivity contribution in [2.24, 2.45) is 0 Å². The molecule has 1 heterocycles. The van der Waals surface area contributed by atoms with Crippen molar-refractivity contribution in [1.29, 1.82) is 0 Å². The molecule has 19 heavy (non-hydrogen) atoms. The topological polar surface area (TPSA) is 91.3 Å². The van der Waals surface area contributed by atoms with Gasteiger partial charge >= 0.3 is 12.0 Å². The van der Waals surface area contributed by atoms with Gasteiger partial charge in [-0.3, -0.25) is 4.79 Å². The number of hydrogen-bond acceptors (Lipinski definition) is 4. The number of thiazole rings is 1. The van der Waals surface area contributed by atoms with Crippen LogP contribution in [0.15, 0.2) is 5.38 Å². The second-order valence-corrected chi connectivity index (χ2v) is 5.14. The Morgan fingerprint density at radius 2 is 2.11 bits per heavy atom. The third-order valence-electron chi connectivity index (χ3n) is 2.42. The summed E-state index contributed by atoms with van der Waals surface area (Å²) >= 11 is 1.52. The van der Waals surface area contributed by atoms with Gasteiger partial charge in [0.15, 0.2) is 0 Å². The molecular weight excluding hydrogens is 266 g/mol. The summed E-state index contributed by atoms with van der Waals surface area (Å²) in [6.45, 7) is 2.91. The molecule has 0 unspecified atom stereocenters. The summed E-state index contributed by atoms with van der Waals surface area (Å²) in [5, 5.41) is 16.7. The number of aliphatic carboxylic acids is 1. The number of nitrogens with zero attached hydrogens (tertiary/aromatic N) is 1. The van der Waals surface area contributed by atoms with E-state index in [-0.39, 0.29) is 12.5 Å². The molecule has 0 aliphatic carbocycles. The Morgan fingerprint density at radius 1 is 1.32 bits per heavy atom. The Balaban J connectivity index is 2.00. The van der Waals surface area contributed by atoms with Gasteiger partial charge in [0.05, 0.1) is 6.54 Å². The molecule has 0 fully saturated rings. The van der Waals surface area contributed by atoms with Crippen molar-refractivity contribution in [3.05, 3.63) is 16.1 Å². The molecule has 7 heteroatoms. The van der Waals surface area contributed by atoms with Crippen LogP contribution in [-0.4, -0.2) is 28.6 Å². The molecule has 1 aromatic rings. The summed E-state index contributed by atoms with van der Waals surface area (Å²) < 4.78 is 0. The molecule has 0 aromatic carbocycles. The van der Waals surface area contributed by atoms with E-state index in [1.54, 1.807) is 0 Å². The predicted molar refractivity (Wildman–Crippen MR) is 73.2 cm³/mol. The minimum absolute atomic E-state index is 0.190. The van der Waals surface area contributed by atoms with Crippen molar-refractivity contribution < 1.29 is 14.7 Å². The van der Waals surface area contributed by atoms with Crippen LogP contribution < -0.4 is 10.6 Å². The highest BCUT2D eigenvalue weighted by Crippen LogP contribution is 2.07. The summed E-state index contributed by atoms with van der Waals surface area (Å²) in [5.41, 5.74) is 0.959. The van der Waals surface area contributed by atoms with Crippen LogP contribution >= 0.6 is 11.3 Å². The lowest BCUT2D eigenvalue weighted by molar-refractivity contribution is -0.137. The largest absolute Gasteiger partial charge is 0.481 e. The second kappa shape index (κ2) is 8.47. The van der Waals surface area contributed by atoms with E-state index in [4.69, 9.17) is 5.11 Å². The van der Waals surface area contributed by atoms with Gasteiger partial charge in [-0.25, -0.2) is 9.78 Å². The number of amides is 2. The van der Waals surface area contributed by atoms with Crippen LogP contribution in [0, 0.1) is 6.92 Å². The van der Waals surface area contributed by atoms with Crippen molar-refractivity contribution in [2.75, 3.05) is 6.54 Å². The molecule has 6 nitrogen and oxygen atoms in total. The van der Waals surface area contributed by atoms with Gasteiger partial charge in [0, 0.05) is 24.0 Å². The molecule has 0 aliphatic heterocycles. The summed E-state index contributed by atoms with van der Waals surface area (Å²) in [4.78, 5) is 25.9. The Kier molecular flexibility index (Phi) is 6.88. The Labute approximate surface area is 116 Å². The van der Waals surface area contributed by atoms with Gasteiger partial charge in [-0.15, -0.1) is 11.3 Å². The van der Waals surface area contributed by atoms with Gasteiger partial charge in [-0.1, -0.05) is 6.42 Å². The lowest BCUT2D eigenvalue weighted by Gasteiger charge is -2.05. The fraction of sp³-hybridized carbons (Fsp3) is 0.583. The van der Waals surface area contributed by atoms with E-state index in [1.165, 1.54) is 11.3 Å². The molecule has 0 bridgehead atoms. The van der Waals surface area contributed by atoms with Crippen LogP contribution in [-0.2, 0) is 11.3 Å². The smallest absolute Gasteiger partial charge is 0.315 e. The number of unbranched alkanes of at least 4 members (excludes halogenated alkanes) is 2. The van der Waals surface area contributed by atoms with Crippen LogP contribution in [0.4, 0.5) is 4.79 Å². The molecule has 0 radical (unpaired) electrons. The van der Waals surface area contributed by atoms with Gasteiger partial charge in [-0.05, 0) is 19.8 Å². The minimum Gasteiger partial charge on any atom is -0.481 e. The van der Waals surface area contributed by atoms with Crippen LogP contribution in [0.1, 0.15) is 36.4 Å². The maximum absolute atomic E-state index is 11.4. The molecule has 0 atom stereocenters. The fourth-order valence-corrected chi connectivity index (χ4v) is 2.19. The number of rotatable bonds is 8. The van der Waals surface area contributed by atoms with Crippen LogP contribution in [0.25, 0.3) is 0 Å². The molecule has 0 saturated heterocycles. The molecule has 2 amide bonds. The number of carboxylic acid groups (broad SMARTS) is 1. The molecule has 0 aliphatic rings. The lowest BCUT2D eigenvalue weighted by atomic mass is 10.2. The molecule has 106 valence electrons. The standard InChI is InChI=1S/C12H19N3O3S/c1-9-8-19-10(15-9)7-14-12(18)13-6-4-2-3-5-11(16)17/h8H,2-7H2,1H3,(H,16,17)(H2,13,14,18). The highest BCUT2D eigenvalue weighted by Gasteiger charge is 2.02. The number of hydrogen-bond donors (Lipinski definition) is 3. The zero-order valence-electron chi connectivity index (χ0n) is 10.9. The fourth-order valence-electron chi connectivity index (χ4n) is 1.48. The molecular formula is C12H19N3O3S. The van der Waals surface area contributed by atoms with E-state index in [0.717, 1.165) is 23.5 Å². The molecule has 3 N–H and O–H groups in total. The third-order valence-corrected chi connectivity index (χ3v) is 3.39. The quantitative estimate of drug-likeness (QED) is 0.636. The van der Waals surface area contributed by atoms with Gasteiger partial charge in [0.25, 0.3) is 0 Å². The zero-order valence-corrected chi connectivity index (χ0v) is 11.8. The maximum atomic E-state index is 11.4. The normalized spacial score (nSPS) is 10.2. The van der Waals surface area contributed by atoms with E-state index >= 15 is 0 Å². The first kappa shape index (κ1) is 15.4. The van der Waals surface area contributed by atoms with Crippen molar-refractivity contribution in [3.63, 3.8) is 0 Å². The Morgan fingerprint density at radius 3 is 2.74 bits per heavy atom. The Bertz CT molecular complexity index is 420. The van der Waals surface area contributed by atoms with Gasteiger partial charge in [-0.2, -0.15) is 0 Å². The number of aromatic nitrogens is 1. The SMILES string of the molecule is Cc1csc(CNC(=O)NCCCCCC(=O)O)n1. The highest BCUT2D eigenvalue weighted by atomic mass is 32.1. The highest BCUT2D eigenvalue weighted by molar-refractivity contribution is 7.09. The van der Waals surface area contributed by atoms with E-state index in [1.807, 2.05) is 12.3 Å². The maximum Gasteiger partial charge on any atom is 0.315 e. The number of carbonyl (C=O) groups excluding carboxylic acids is 1. The first-order valence-corrected chi connectivity index (χ1v) is 7.10. The van der Waals surface area contributed by atoms with E-state index in [2.05, 4.69) is 15.6 Å². The number of carbonyl (C=O) groups is 2. The summed E-state index contributed by atoms with van der Waals surface area (Å²) in [5.74, 6) is -0.774. The number of aryl methyl sites for hydroxylation is 1. The minimum atomic E-state index is -0.774. The number of urea groups is 1. The summed E-state index contributed by atoms with van der Waals surface area (Å²) in [6, 6.07) is -0.217. The zero-order chi connectivity index (χ0) is 14.1. The van der Waals surface area contributed by atoms with Crippen molar-refractivity contribution in [3.8, 4) is 0 Å². The monoisotopic (exact) mass is 285 g/mol. The van der Waals surface area contributed by atoms with Crippen molar-refractivity contribution >= 4 is 23.3 Å². The first-order valence-electron chi connectivity index (χ1n) is 6.22. The number of carboxylic acids is 1. The Hall–Kier alpha value is -1.63. The first-order chi connectivity index (χ1) is 9.08. The van der Waals surface area contributed by atoms with E-state index < -0.39 is 5.97 Å². The summed E-state index contributed by atoms with van der Waals surface area (Å²) in [7, 11) is 0. The van der Waals surface area contributed by atoms with Gasteiger partial charge in [0.2, 0.25) is 0 Å². The molecule has 0 spiro atoms. The second-order valence-electron chi connectivity index (χ2n) is 4.20. The van der Waals surface area contributed by atoms with E-state index in [0.29, 0.717) is 19.5 Å². The molecule has 1 rings (SSSR count). The van der Waals surface area contributed by atoms with Crippen LogP contribution in [0.5, 0.6) is 0 Å². The summed E-state index contributed by atoms with van der Waals surface area (Å²) in [6.07, 6.45) is 2.43. The predicted octanol–water partition coefficient (Wildman–Crippen LogP) is 1.90. The average Bonchev–Trinajstić information content (AvgIpc) is 2.76. The van der Waals surface area contributed by atoms with E-state index in [9.17, 15) is 9.59 Å². The van der Waals surface area contributed by atoms with Crippen LogP contribution in [0.3, 0.4) is 0 Å². The van der Waals surface area contributed by atoms with Crippen molar-refractivity contribution in [1.82, 2.24) is 15.6 Å². The number of nitrogens with one attached hydrogen (secondary N) is 2. The van der Waals surface area contributed by atoms with Crippen LogP contribution in [0.2, 0.25) is 0 Å². The van der Waals surface area contributed by atoms with Gasteiger partial charge in [0.1, 0.15) is 5.01 Å². The average molecular weight is 285 g/mol. The molecule has 1 aromatic heterocycles.